The number of nitrogens with zero attached hydrogens (tertiary/aromatic N) is 1. The van der Waals surface area contributed by atoms with Gasteiger partial charge in [-0.3, -0.25) is 0 Å². The van der Waals surface area contributed by atoms with Crippen LogP contribution >= 0.6 is 0 Å². The molecular weight excluding hydrogens is 426 g/mol. The average Bonchev–Trinajstić information content (AvgIpc) is 2.80. The van der Waals surface area contributed by atoms with Crippen molar-refractivity contribution >= 4 is 5.69 Å². The van der Waals surface area contributed by atoms with Crippen LogP contribution in [0.4, 0.5) is 5.69 Å². The Labute approximate surface area is 216 Å². The molecule has 0 heterocycles. The number of rotatable bonds is 10. The van der Waals surface area contributed by atoms with Crippen molar-refractivity contribution in [3.63, 3.8) is 0 Å². The van der Waals surface area contributed by atoms with Gasteiger partial charge in [0.2, 0.25) is 0 Å². The van der Waals surface area contributed by atoms with E-state index in [4.69, 9.17) is 4.74 Å². The molecule has 1 aliphatic rings. The Hall–Kier alpha value is -1.96. The van der Waals surface area contributed by atoms with Gasteiger partial charge in [-0.05, 0) is 99.1 Å². The molecule has 0 N–H and O–H groups in total. The topological polar surface area (TPSA) is 12.5 Å². The highest BCUT2D eigenvalue weighted by Gasteiger charge is 2.22. The third-order valence-electron chi connectivity index (χ3n) is 7.77. The third-order valence-corrected chi connectivity index (χ3v) is 7.77. The van der Waals surface area contributed by atoms with Crippen molar-refractivity contribution in [1.82, 2.24) is 0 Å². The van der Waals surface area contributed by atoms with Crippen LogP contribution < -0.4 is 9.64 Å². The van der Waals surface area contributed by atoms with E-state index in [2.05, 4.69) is 102 Å². The van der Waals surface area contributed by atoms with Crippen molar-refractivity contribution in [3.8, 4) is 5.75 Å². The van der Waals surface area contributed by atoms with Crippen molar-refractivity contribution in [2.24, 2.45) is 5.92 Å². The highest BCUT2D eigenvalue weighted by Crippen LogP contribution is 2.36. The zero-order valence-corrected chi connectivity index (χ0v) is 23.7. The molecule has 2 heteroatoms. The lowest BCUT2D eigenvalue weighted by Crippen LogP contribution is -2.42. The van der Waals surface area contributed by atoms with Gasteiger partial charge in [0.25, 0.3) is 0 Å². The Kier molecular flexibility index (Phi) is 9.73. The molecule has 0 unspecified atom stereocenters. The lowest BCUT2D eigenvalue weighted by Gasteiger charge is -2.38. The summed E-state index contributed by atoms with van der Waals surface area (Å²) in [7, 11) is 0. The molecule has 2 nitrogen and oxygen atoms in total. The average molecular weight is 478 g/mol. The molecule has 194 valence electrons. The van der Waals surface area contributed by atoms with Crippen molar-refractivity contribution in [1.29, 1.82) is 0 Å². The molecule has 0 amide bonds. The molecule has 0 atom stereocenters. The standard InChI is InChI=1S/C33H51NO/c1-26-12-14-27(15-13-26)28-16-22-31(23-17-28)35-25-11-9-8-10-24-34(33(5,6)7)30-20-18-29(19-21-30)32(2,3)4/h16-23,26-27H,8-15,24-25H2,1-7H3. The summed E-state index contributed by atoms with van der Waals surface area (Å²) in [5.41, 5.74) is 4.55. The minimum atomic E-state index is 0.119. The molecule has 35 heavy (non-hydrogen) atoms. The van der Waals surface area contributed by atoms with Gasteiger partial charge >= 0.3 is 0 Å². The number of unbranched alkanes of at least 4 members (excludes halogenated alkanes) is 3. The first-order valence-corrected chi connectivity index (χ1v) is 14.1. The first-order valence-electron chi connectivity index (χ1n) is 14.1. The molecule has 2 aromatic carbocycles. The first kappa shape index (κ1) is 27.6. The Balaban J connectivity index is 1.37. The summed E-state index contributed by atoms with van der Waals surface area (Å²) in [6.07, 6.45) is 10.2. The van der Waals surface area contributed by atoms with Crippen LogP contribution in [0.1, 0.15) is 117 Å². The van der Waals surface area contributed by atoms with Crippen LogP contribution in [-0.2, 0) is 5.41 Å². The Morgan fingerprint density at radius 2 is 1.34 bits per heavy atom. The minimum Gasteiger partial charge on any atom is -0.494 e. The van der Waals surface area contributed by atoms with Crippen molar-refractivity contribution < 1.29 is 4.74 Å². The Morgan fingerprint density at radius 1 is 0.743 bits per heavy atom. The number of ether oxygens (including phenoxy) is 1. The molecule has 1 aliphatic carbocycles. The normalized spacial score (nSPS) is 18.9. The van der Waals surface area contributed by atoms with Gasteiger partial charge in [0.15, 0.2) is 0 Å². The Bertz CT molecular complexity index is 861. The zero-order valence-electron chi connectivity index (χ0n) is 23.7. The second-order valence-corrected chi connectivity index (χ2v) is 12.9. The maximum absolute atomic E-state index is 6.04. The molecule has 2 aromatic rings. The maximum Gasteiger partial charge on any atom is 0.119 e. The summed E-state index contributed by atoms with van der Waals surface area (Å²) < 4.78 is 6.04. The van der Waals surface area contributed by atoms with E-state index in [1.807, 2.05) is 0 Å². The lowest BCUT2D eigenvalue weighted by molar-refractivity contribution is 0.304. The number of hydrogen-bond donors (Lipinski definition) is 0. The van der Waals surface area contributed by atoms with Gasteiger partial charge in [-0.1, -0.05) is 77.6 Å². The van der Waals surface area contributed by atoms with Crippen LogP contribution in [0.3, 0.4) is 0 Å². The van der Waals surface area contributed by atoms with E-state index in [9.17, 15) is 0 Å². The molecular formula is C33H51NO. The van der Waals surface area contributed by atoms with Gasteiger partial charge in [-0.2, -0.15) is 0 Å². The van der Waals surface area contributed by atoms with Crippen LogP contribution in [0, 0.1) is 5.92 Å². The molecule has 3 rings (SSSR count). The van der Waals surface area contributed by atoms with Crippen molar-refractivity contribution in [2.45, 2.75) is 117 Å². The smallest absolute Gasteiger partial charge is 0.119 e. The predicted molar refractivity (Wildman–Crippen MR) is 153 cm³/mol. The minimum absolute atomic E-state index is 0.119. The lowest BCUT2D eigenvalue weighted by atomic mass is 9.79. The highest BCUT2D eigenvalue weighted by atomic mass is 16.5. The predicted octanol–water partition coefficient (Wildman–Crippen LogP) is 9.52. The monoisotopic (exact) mass is 477 g/mol. The van der Waals surface area contributed by atoms with E-state index in [1.165, 1.54) is 61.8 Å². The van der Waals surface area contributed by atoms with E-state index in [0.717, 1.165) is 37.2 Å². The van der Waals surface area contributed by atoms with Crippen LogP contribution in [0.15, 0.2) is 48.5 Å². The van der Waals surface area contributed by atoms with Gasteiger partial charge < -0.3 is 9.64 Å². The largest absolute Gasteiger partial charge is 0.494 e. The number of hydrogen-bond acceptors (Lipinski definition) is 2. The van der Waals surface area contributed by atoms with Crippen molar-refractivity contribution in [2.75, 3.05) is 18.1 Å². The fraction of sp³-hybridized carbons (Fsp3) is 0.636. The molecule has 0 aromatic heterocycles. The van der Waals surface area contributed by atoms with Crippen LogP contribution in [0.25, 0.3) is 0 Å². The molecule has 1 saturated carbocycles. The molecule has 0 saturated heterocycles. The summed E-state index contributed by atoms with van der Waals surface area (Å²) >= 11 is 0. The summed E-state index contributed by atoms with van der Waals surface area (Å²) in [4.78, 5) is 2.56. The van der Waals surface area contributed by atoms with Crippen LogP contribution in [0.2, 0.25) is 0 Å². The quantitative estimate of drug-likeness (QED) is 0.316. The summed E-state index contributed by atoms with van der Waals surface area (Å²) in [5, 5.41) is 0. The number of benzene rings is 2. The molecule has 0 radical (unpaired) electrons. The van der Waals surface area contributed by atoms with Gasteiger partial charge in [0.05, 0.1) is 6.61 Å². The summed E-state index contributed by atoms with van der Waals surface area (Å²) in [6, 6.07) is 18.2. The number of anilines is 1. The molecule has 0 spiro atoms. The van der Waals surface area contributed by atoms with E-state index < -0.39 is 0 Å². The fourth-order valence-electron chi connectivity index (χ4n) is 5.34. The van der Waals surface area contributed by atoms with E-state index in [0.29, 0.717) is 0 Å². The first-order chi connectivity index (χ1) is 16.5. The van der Waals surface area contributed by atoms with Crippen molar-refractivity contribution in [3.05, 3.63) is 59.7 Å². The molecule has 0 bridgehead atoms. The summed E-state index contributed by atoms with van der Waals surface area (Å²) in [6.45, 7) is 18.1. The van der Waals surface area contributed by atoms with Gasteiger partial charge in [0, 0.05) is 17.8 Å². The van der Waals surface area contributed by atoms with E-state index in [-0.39, 0.29) is 11.0 Å². The fourth-order valence-corrected chi connectivity index (χ4v) is 5.34. The highest BCUT2D eigenvalue weighted by molar-refractivity contribution is 5.50. The maximum atomic E-state index is 6.04. The van der Waals surface area contributed by atoms with Gasteiger partial charge in [0.1, 0.15) is 5.75 Å². The molecule has 0 aliphatic heterocycles. The zero-order chi connectivity index (χ0) is 25.5. The SMILES string of the molecule is CC1CCC(c2ccc(OCCCCCCN(c3ccc(C(C)(C)C)cc3)C(C)(C)C)cc2)CC1. The molecule has 1 fully saturated rings. The summed E-state index contributed by atoms with van der Waals surface area (Å²) in [5.74, 6) is 2.69. The second-order valence-electron chi connectivity index (χ2n) is 12.9. The second kappa shape index (κ2) is 12.3. The van der Waals surface area contributed by atoms with E-state index >= 15 is 0 Å². The third kappa shape index (κ3) is 8.58. The van der Waals surface area contributed by atoms with E-state index in [1.54, 1.807) is 0 Å². The Morgan fingerprint density at radius 3 is 1.91 bits per heavy atom. The van der Waals surface area contributed by atoms with Crippen LogP contribution in [-0.4, -0.2) is 18.7 Å². The van der Waals surface area contributed by atoms with Gasteiger partial charge in [-0.15, -0.1) is 0 Å². The van der Waals surface area contributed by atoms with Crippen LogP contribution in [0.5, 0.6) is 5.75 Å². The van der Waals surface area contributed by atoms with Gasteiger partial charge in [-0.25, -0.2) is 0 Å².